The summed E-state index contributed by atoms with van der Waals surface area (Å²) >= 11 is 0. The predicted molar refractivity (Wildman–Crippen MR) is 127 cm³/mol. The van der Waals surface area contributed by atoms with Crippen molar-refractivity contribution in [2.45, 2.75) is 51.9 Å². The smallest absolute Gasteiger partial charge is 0.344 e. The summed E-state index contributed by atoms with van der Waals surface area (Å²) in [7, 11) is 0. The molecule has 164 valence electrons. The van der Waals surface area contributed by atoms with Crippen molar-refractivity contribution in [3.8, 4) is 11.1 Å². The molecule has 4 fully saturated rings. The lowest BCUT2D eigenvalue weighted by molar-refractivity contribution is -0.124. The molecule has 1 aromatic heterocycles. The van der Waals surface area contributed by atoms with Crippen LogP contribution in [0, 0.1) is 30.1 Å². The molecule has 4 aliphatic carbocycles. The number of carbonyl (C=O) groups excluding carboxylic acids is 1. The van der Waals surface area contributed by atoms with Gasteiger partial charge in [-0.05, 0) is 104 Å². The third-order valence-corrected chi connectivity index (χ3v) is 8.14. The van der Waals surface area contributed by atoms with Gasteiger partial charge in [0.05, 0.1) is 5.56 Å². The van der Waals surface area contributed by atoms with Crippen LogP contribution in [0.3, 0.4) is 0 Å². The first kappa shape index (κ1) is 19.8. The van der Waals surface area contributed by atoms with Gasteiger partial charge < -0.3 is 9.73 Å². The van der Waals surface area contributed by atoms with Gasteiger partial charge in [-0.2, -0.15) is 0 Å². The molecule has 4 saturated carbocycles. The fourth-order valence-corrected chi connectivity index (χ4v) is 7.35. The Labute approximate surface area is 188 Å². The number of fused-ring (bicyclic) bond motifs is 1. The Kier molecular flexibility index (Phi) is 4.53. The Morgan fingerprint density at radius 2 is 1.66 bits per heavy atom. The van der Waals surface area contributed by atoms with Gasteiger partial charge in [0, 0.05) is 17.5 Å². The van der Waals surface area contributed by atoms with E-state index in [1.54, 1.807) is 6.07 Å². The summed E-state index contributed by atoms with van der Waals surface area (Å²) in [4.78, 5) is 25.6. The Morgan fingerprint density at radius 3 is 2.34 bits per heavy atom. The van der Waals surface area contributed by atoms with E-state index in [9.17, 15) is 9.59 Å². The summed E-state index contributed by atoms with van der Waals surface area (Å²) in [5.41, 5.74) is 3.61. The summed E-state index contributed by atoms with van der Waals surface area (Å²) in [6, 6.07) is 15.2. The highest BCUT2D eigenvalue weighted by molar-refractivity contribution is 5.92. The number of amides is 1. The van der Waals surface area contributed by atoms with Gasteiger partial charge in [0.25, 0.3) is 0 Å². The van der Waals surface area contributed by atoms with Crippen molar-refractivity contribution >= 4 is 22.6 Å². The maximum atomic E-state index is 13.0. The van der Waals surface area contributed by atoms with Crippen molar-refractivity contribution in [1.29, 1.82) is 0 Å². The maximum absolute atomic E-state index is 13.0. The van der Waals surface area contributed by atoms with Crippen molar-refractivity contribution < 1.29 is 9.21 Å². The highest BCUT2D eigenvalue weighted by atomic mass is 16.4. The number of nitrogens with one attached hydrogen (secondary N) is 1. The minimum atomic E-state index is -0.342. The van der Waals surface area contributed by atoms with Crippen LogP contribution < -0.4 is 10.9 Å². The zero-order chi connectivity index (χ0) is 21.9. The third kappa shape index (κ3) is 3.46. The van der Waals surface area contributed by atoms with E-state index < -0.39 is 0 Å². The van der Waals surface area contributed by atoms with Crippen LogP contribution >= 0.6 is 0 Å². The first-order chi connectivity index (χ1) is 15.5. The number of aryl methyl sites for hydroxylation is 1. The van der Waals surface area contributed by atoms with Gasteiger partial charge in [0.15, 0.2) is 0 Å². The Bertz CT molecular complexity index is 1240. The zero-order valence-corrected chi connectivity index (χ0v) is 18.5. The molecular formula is C28H29NO3. The van der Waals surface area contributed by atoms with Gasteiger partial charge in [-0.1, -0.05) is 24.3 Å². The van der Waals surface area contributed by atoms with Gasteiger partial charge in [0.2, 0.25) is 5.91 Å². The normalized spacial score (nSPS) is 28.2. The molecule has 32 heavy (non-hydrogen) atoms. The second kappa shape index (κ2) is 7.33. The molecule has 0 atom stereocenters. The van der Waals surface area contributed by atoms with Crippen LogP contribution in [0.4, 0.5) is 5.69 Å². The van der Waals surface area contributed by atoms with Gasteiger partial charge in [0.1, 0.15) is 5.58 Å². The first-order valence-corrected chi connectivity index (χ1v) is 11.9. The second-order valence-electron chi connectivity index (χ2n) is 10.7. The maximum Gasteiger partial charge on any atom is 0.344 e. The molecule has 4 aliphatic rings. The molecule has 2 aromatic carbocycles. The van der Waals surface area contributed by atoms with Gasteiger partial charge >= 0.3 is 5.63 Å². The highest BCUT2D eigenvalue weighted by Gasteiger charge is 2.51. The fraction of sp³-hybridized carbons (Fsp3) is 0.429. The largest absolute Gasteiger partial charge is 0.422 e. The number of carbonyl (C=O) groups is 1. The van der Waals surface area contributed by atoms with Crippen LogP contribution in [0.15, 0.2) is 57.7 Å². The molecule has 1 amide bonds. The quantitative estimate of drug-likeness (QED) is 0.496. The van der Waals surface area contributed by atoms with Gasteiger partial charge in [-0.25, -0.2) is 4.79 Å². The summed E-state index contributed by atoms with van der Waals surface area (Å²) in [6.45, 7) is 1.97. The van der Waals surface area contributed by atoms with Crippen LogP contribution in [0.1, 0.15) is 50.5 Å². The number of rotatable bonds is 4. The van der Waals surface area contributed by atoms with Crippen LogP contribution in [-0.4, -0.2) is 5.91 Å². The average molecular weight is 428 g/mol. The Morgan fingerprint density at radius 1 is 0.969 bits per heavy atom. The molecule has 4 heteroatoms. The van der Waals surface area contributed by atoms with Crippen molar-refractivity contribution in [2.75, 3.05) is 5.32 Å². The number of hydrogen-bond donors (Lipinski definition) is 1. The Hall–Kier alpha value is -2.88. The van der Waals surface area contributed by atoms with Crippen LogP contribution in [0.5, 0.6) is 0 Å². The van der Waals surface area contributed by atoms with Crippen LogP contribution in [0.2, 0.25) is 0 Å². The number of anilines is 1. The lowest BCUT2D eigenvalue weighted by atomic mass is 9.49. The third-order valence-electron chi connectivity index (χ3n) is 8.14. The van der Waals surface area contributed by atoms with E-state index in [-0.39, 0.29) is 16.9 Å². The fourth-order valence-electron chi connectivity index (χ4n) is 7.35. The topological polar surface area (TPSA) is 59.3 Å². The lowest BCUT2D eigenvalue weighted by Gasteiger charge is -2.56. The molecule has 0 unspecified atom stereocenters. The molecule has 1 heterocycles. The molecule has 7 rings (SSSR count). The monoisotopic (exact) mass is 427 g/mol. The van der Waals surface area contributed by atoms with E-state index in [2.05, 4.69) is 5.32 Å². The molecule has 4 bridgehead atoms. The van der Waals surface area contributed by atoms with Crippen molar-refractivity contribution in [3.63, 3.8) is 0 Å². The highest BCUT2D eigenvalue weighted by Crippen LogP contribution is 2.61. The van der Waals surface area contributed by atoms with E-state index in [0.717, 1.165) is 40.0 Å². The molecule has 3 aromatic rings. The summed E-state index contributed by atoms with van der Waals surface area (Å²) < 4.78 is 5.51. The molecule has 1 N–H and O–H groups in total. The van der Waals surface area contributed by atoms with E-state index in [1.165, 1.54) is 38.5 Å². The minimum Gasteiger partial charge on any atom is -0.422 e. The van der Waals surface area contributed by atoms with Gasteiger partial charge in [-0.15, -0.1) is 0 Å². The van der Waals surface area contributed by atoms with Crippen molar-refractivity contribution in [1.82, 2.24) is 0 Å². The van der Waals surface area contributed by atoms with Crippen LogP contribution in [-0.2, 0) is 4.79 Å². The standard InChI is InChI=1S/C28H29NO3/c1-17-8-22(6-7-23(17)24-12-21-4-2-3-5-25(21)32-27(24)31)29-26(30)16-28-13-18-9-19(14-28)11-20(10-18)15-28/h2-8,12,18-20H,9-11,13-16H2,1H3,(H,29,30). The summed E-state index contributed by atoms with van der Waals surface area (Å²) in [6.07, 6.45) is 8.54. The Balaban J connectivity index is 1.21. The number of benzene rings is 2. The molecule has 0 spiro atoms. The molecule has 0 aliphatic heterocycles. The average Bonchev–Trinajstić information content (AvgIpc) is 2.72. The summed E-state index contributed by atoms with van der Waals surface area (Å²) in [5, 5.41) is 4.04. The van der Waals surface area contributed by atoms with E-state index >= 15 is 0 Å². The van der Waals surface area contributed by atoms with E-state index in [4.69, 9.17) is 4.42 Å². The lowest BCUT2D eigenvalue weighted by Crippen LogP contribution is -2.47. The van der Waals surface area contributed by atoms with E-state index in [0.29, 0.717) is 17.6 Å². The minimum absolute atomic E-state index is 0.129. The van der Waals surface area contributed by atoms with Crippen LogP contribution in [0.25, 0.3) is 22.1 Å². The predicted octanol–water partition coefficient (Wildman–Crippen LogP) is 6.31. The number of para-hydroxylation sites is 1. The van der Waals surface area contributed by atoms with Crippen molar-refractivity contribution in [3.05, 3.63) is 64.5 Å². The van der Waals surface area contributed by atoms with Gasteiger partial charge in [-0.3, -0.25) is 4.79 Å². The summed E-state index contributed by atoms with van der Waals surface area (Å²) in [5.74, 6) is 2.68. The second-order valence-corrected chi connectivity index (χ2v) is 10.7. The first-order valence-electron chi connectivity index (χ1n) is 11.9. The molecule has 0 saturated heterocycles. The molecular weight excluding hydrogens is 398 g/mol. The number of hydrogen-bond acceptors (Lipinski definition) is 3. The molecule has 4 nitrogen and oxygen atoms in total. The van der Waals surface area contributed by atoms with Crippen molar-refractivity contribution in [2.24, 2.45) is 23.2 Å². The molecule has 0 radical (unpaired) electrons. The SMILES string of the molecule is Cc1cc(NC(=O)CC23CC4CC(CC(C4)C2)C3)ccc1-c1cc2ccccc2oc1=O. The van der Waals surface area contributed by atoms with E-state index in [1.807, 2.05) is 49.4 Å². The zero-order valence-electron chi connectivity index (χ0n) is 18.5.